The number of hydrogen-bond acceptors (Lipinski definition) is 3. The Balaban J connectivity index is 1.48. The first kappa shape index (κ1) is 16.8. The Kier molecular flexibility index (Phi) is 3.98. The second-order valence-electron chi connectivity index (χ2n) is 7.61. The van der Waals surface area contributed by atoms with E-state index >= 15 is 0 Å². The van der Waals surface area contributed by atoms with Gasteiger partial charge in [-0.25, -0.2) is 0 Å². The molecule has 1 heterocycles. The van der Waals surface area contributed by atoms with Gasteiger partial charge in [-0.1, -0.05) is 15.9 Å². The molecule has 0 aromatic heterocycles. The minimum absolute atomic E-state index is 0.138. The molecular weight excluding hydrogens is 384 g/mol. The molecule has 132 valence electrons. The molecule has 4 rings (SSSR count). The average Bonchev–Trinajstić information content (AvgIpc) is 3.22. The summed E-state index contributed by atoms with van der Waals surface area (Å²) in [5.74, 6) is -0.251. The van der Waals surface area contributed by atoms with E-state index in [2.05, 4.69) is 21.2 Å². The van der Waals surface area contributed by atoms with E-state index in [0.29, 0.717) is 17.5 Å². The molecule has 3 aliphatic rings. The third-order valence-corrected chi connectivity index (χ3v) is 6.95. The summed E-state index contributed by atoms with van der Waals surface area (Å²) in [6, 6.07) is 3.83. The number of fused-ring (bicyclic) bond motifs is 5. The SMILES string of the molecule is Cc1cc(NC(=O)CN2C(=O)[C@@H]3[C@@H]4CC[C@@H](C4)[C@@H]3C2=O)c(C)cc1Br. The van der Waals surface area contributed by atoms with Crippen molar-refractivity contribution < 1.29 is 14.4 Å². The van der Waals surface area contributed by atoms with Gasteiger partial charge in [0.15, 0.2) is 0 Å². The number of benzene rings is 1. The van der Waals surface area contributed by atoms with Gasteiger partial charge in [-0.15, -0.1) is 0 Å². The van der Waals surface area contributed by atoms with E-state index < -0.39 is 0 Å². The molecule has 0 unspecified atom stereocenters. The third-order valence-electron chi connectivity index (χ3n) is 6.10. The number of carbonyl (C=O) groups excluding carboxylic acids is 3. The number of hydrogen-bond donors (Lipinski definition) is 1. The van der Waals surface area contributed by atoms with Gasteiger partial charge in [-0.05, 0) is 68.2 Å². The molecule has 25 heavy (non-hydrogen) atoms. The number of rotatable bonds is 3. The van der Waals surface area contributed by atoms with E-state index in [4.69, 9.17) is 0 Å². The van der Waals surface area contributed by atoms with Gasteiger partial charge in [0.2, 0.25) is 17.7 Å². The zero-order valence-electron chi connectivity index (χ0n) is 14.3. The summed E-state index contributed by atoms with van der Waals surface area (Å²) in [6.45, 7) is 3.68. The van der Waals surface area contributed by atoms with E-state index in [9.17, 15) is 14.4 Å². The van der Waals surface area contributed by atoms with Crippen LogP contribution in [-0.4, -0.2) is 29.2 Å². The van der Waals surface area contributed by atoms with Crippen molar-refractivity contribution in [1.29, 1.82) is 0 Å². The van der Waals surface area contributed by atoms with Gasteiger partial charge in [0.25, 0.3) is 0 Å². The Morgan fingerprint density at radius 2 is 1.72 bits per heavy atom. The lowest BCUT2D eigenvalue weighted by Crippen LogP contribution is -2.39. The molecule has 3 fully saturated rings. The molecule has 1 aromatic carbocycles. The predicted molar refractivity (Wildman–Crippen MR) is 96.8 cm³/mol. The summed E-state index contributed by atoms with van der Waals surface area (Å²) >= 11 is 3.47. The highest BCUT2D eigenvalue weighted by Crippen LogP contribution is 2.56. The number of halogens is 1. The fourth-order valence-electron chi connectivity index (χ4n) is 4.88. The summed E-state index contributed by atoms with van der Waals surface area (Å²) in [6.07, 6.45) is 3.09. The van der Waals surface area contributed by atoms with Crippen LogP contribution in [0.15, 0.2) is 16.6 Å². The van der Waals surface area contributed by atoms with Crippen LogP contribution in [0.2, 0.25) is 0 Å². The highest BCUT2D eigenvalue weighted by Gasteiger charge is 2.60. The van der Waals surface area contributed by atoms with E-state index in [0.717, 1.165) is 34.9 Å². The Labute approximate surface area is 155 Å². The Hall–Kier alpha value is -1.69. The third kappa shape index (κ3) is 2.62. The van der Waals surface area contributed by atoms with Crippen molar-refractivity contribution in [1.82, 2.24) is 4.90 Å². The predicted octanol–water partition coefficient (Wildman–Crippen LogP) is 3.04. The van der Waals surface area contributed by atoms with E-state index in [-0.39, 0.29) is 36.1 Å². The lowest BCUT2D eigenvalue weighted by Gasteiger charge is -2.19. The molecule has 1 N–H and O–H groups in total. The standard InChI is InChI=1S/C19H21BrN2O3/c1-9-6-14(10(2)5-13(9)20)21-15(23)8-22-18(24)16-11-3-4-12(7-11)17(16)19(22)25/h5-6,11-12,16-17H,3-4,7-8H2,1-2H3,(H,21,23)/t11-,12+,16-,17+. The van der Waals surface area contributed by atoms with Crippen LogP contribution in [-0.2, 0) is 14.4 Å². The van der Waals surface area contributed by atoms with Crippen molar-refractivity contribution in [2.24, 2.45) is 23.7 Å². The summed E-state index contributed by atoms with van der Waals surface area (Å²) in [4.78, 5) is 38.9. The monoisotopic (exact) mass is 404 g/mol. The van der Waals surface area contributed by atoms with Gasteiger partial charge in [0.05, 0.1) is 11.8 Å². The molecule has 4 atom stereocenters. The molecule has 1 saturated heterocycles. The van der Waals surface area contributed by atoms with Crippen LogP contribution in [0.3, 0.4) is 0 Å². The number of imide groups is 1. The molecule has 2 saturated carbocycles. The number of likely N-dealkylation sites (tertiary alicyclic amines) is 1. The molecule has 0 radical (unpaired) electrons. The molecule has 2 aliphatic carbocycles. The Morgan fingerprint density at radius 3 is 2.32 bits per heavy atom. The molecule has 6 heteroatoms. The molecule has 1 aliphatic heterocycles. The molecule has 3 amide bonds. The van der Waals surface area contributed by atoms with Crippen LogP contribution in [0.5, 0.6) is 0 Å². The van der Waals surface area contributed by atoms with Crippen molar-refractivity contribution in [3.8, 4) is 0 Å². The van der Waals surface area contributed by atoms with Gasteiger partial charge >= 0.3 is 0 Å². The van der Waals surface area contributed by atoms with E-state index in [1.54, 1.807) is 0 Å². The van der Waals surface area contributed by atoms with Gasteiger partial charge in [0.1, 0.15) is 6.54 Å². The van der Waals surface area contributed by atoms with E-state index in [1.807, 2.05) is 26.0 Å². The quantitative estimate of drug-likeness (QED) is 0.787. The molecular formula is C19H21BrN2O3. The maximum Gasteiger partial charge on any atom is 0.244 e. The molecule has 0 spiro atoms. The normalized spacial score (nSPS) is 30.1. The summed E-state index contributed by atoms with van der Waals surface area (Å²) < 4.78 is 0.983. The van der Waals surface area contributed by atoms with Gasteiger partial charge < -0.3 is 5.32 Å². The number of nitrogens with zero attached hydrogens (tertiary/aromatic N) is 1. The van der Waals surface area contributed by atoms with Crippen LogP contribution >= 0.6 is 15.9 Å². The molecule has 5 nitrogen and oxygen atoms in total. The fourth-order valence-corrected chi connectivity index (χ4v) is 5.33. The number of amides is 3. The number of aryl methyl sites for hydroxylation is 2. The Morgan fingerprint density at radius 1 is 1.12 bits per heavy atom. The average molecular weight is 405 g/mol. The van der Waals surface area contributed by atoms with Gasteiger partial charge in [-0.2, -0.15) is 0 Å². The number of anilines is 1. The highest BCUT2D eigenvalue weighted by molar-refractivity contribution is 9.10. The van der Waals surface area contributed by atoms with E-state index in [1.165, 1.54) is 4.90 Å². The maximum absolute atomic E-state index is 12.7. The van der Waals surface area contributed by atoms with Gasteiger partial charge in [-0.3, -0.25) is 19.3 Å². The Bertz CT molecular complexity index is 763. The fraction of sp³-hybridized carbons (Fsp3) is 0.526. The molecule has 2 bridgehead atoms. The van der Waals surface area contributed by atoms with Crippen LogP contribution in [0.25, 0.3) is 0 Å². The minimum Gasteiger partial charge on any atom is -0.324 e. The van der Waals surface area contributed by atoms with Crippen LogP contribution in [0.1, 0.15) is 30.4 Å². The summed E-state index contributed by atoms with van der Waals surface area (Å²) in [5, 5.41) is 2.84. The van der Waals surface area contributed by atoms with Crippen molar-refractivity contribution >= 4 is 39.3 Å². The second-order valence-corrected chi connectivity index (χ2v) is 8.47. The number of carbonyl (C=O) groups is 3. The van der Waals surface area contributed by atoms with Crippen molar-refractivity contribution in [3.63, 3.8) is 0 Å². The maximum atomic E-state index is 12.7. The molecule has 1 aromatic rings. The van der Waals surface area contributed by atoms with Crippen LogP contribution in [0, 0.1) is 37.5 Å². The first-order valence-electron chi connectivity index (χ1n) is 8.78. The van der Waals surface area contributed by atoms with Crippen molar-refractivity contribution in [3.05, 3.63) is 27.7 Å². The minimum atomic E-state index is -0.321. The topological polar surface area (TPSA) is 66.5 Å². The number of nitrogens with one attached hydrogen (secondary N) is 1. The lowest BCUT2D eigenvalue weighted by atomic mass is 9.81. The first-order chi connectivity index (χ1) is 11.9. The second kappa shape index (κ2) is 5.94. The zero-order chi connectivity index (χ0) is 17.9. The van der Waals surface area contributed by atoms with Gasteiger partial charge in [0, 0.05) is 10.2 Å². The highest BCUT2D eigenvalue weighted by atomic mass is 79.9. The lowest BCUT2D eigenvalue weighted by molar-refractivity contribution is -0.143. The smallest absolute Gasteiger partial charge is 0.244 e. The zero-order valence-corrected chi connectivity index (χ0v) is 15.9. The van der Waals surface area contributed by atoms with Crippen molar-refractivity contribution in [2.75, 3.05) is 11.9 Å². The van der Waals surface area contributed by atoms with Crippen LogP contribution in [0.4, 0.5) is 5.69 Å². The van der Waals surface area contributed by atoms with Crippen molar-refractivity contribution in [2.45, 2.75) is 33.1 Å². The summed E-state index contributed by atoms with van der Waals surface area (Å²) in [7, 11) is 0. The first-order valence-corrected chi connectivity index (χ1v) is 9.58. The van der Waals surface area contributed by atoms with Crippen LogP contribution < -0.4 is 5.32 Å². The summed E-state index contributed by atoms with van der Waals surface area (Å²) in [5.41, 5.74) is 2.66. The largest absolute Gasteiger partial charge is 0.324 e.